The molecule has 1 fully saturated rings. The number of aliphatic hydroxyl groups excluding tert-OH is 1. The number of rotatable bonds is 8. The summed E-state index contributed by atoms with van der Waals surface area (Å²) in [6, 6.07) is 1.10. The van der Waals surface area contributed by atoms with Crippen LogP contribution in [0.5, 0.6) is 0 Å². The molecule has 0 amide bonds. The molecule has 7 N–H and O–H groups in total. The molecule has 172 valence electrons. The van der Waals surface area contributed by atoms with Crippen LogP contribution in [0, 0.1) is 0 Å². The van der Waals surface area contributed by atoms with Crippen LogP contribution in [0.15, 0.2) is 17.1 Å². The normalized spacial score (nSPS) is 31.2. The predicted octanol–water partition coefficient (Wildman–Crippen LogP) is -0.668. The first-order valence-corrected chi connectivity index (χ1v) is 12.2. The molecule has 0 bridgehead atoms. The molecule has 2 unspecified atom stereocenters. The quantitative estimate of drug-likeness (QED) is 0.184. The molecule has 1 aromatic heterocycles. The summed E-state index contributed by atoms with van der Waals surface area (Å²) >= 11 is 5.86. The van der Waals surface area contributed by atoms with Crippen LogP contribution in [0.4, 0.5) is 10.2 Å². The van der Waals surface area contributed by atoms with Gasteiger partial charge in [0.15, 0.2) is 17.5 Å². The lowest BCUT2D eigenvalue weighted by atomic mass is 10.1. The number of hydrogen-bond acceptors (Lipinski definition) is 11. The molecule has 0 aliphatic carbocycles. The number of phosphoric acid groups is 3. The van der Waals surface area contributed by atoms with E-state index in [-0.39, 0.29) is 5.82 Å². The summed E-state index contributed by atoms with van der Waals surface area (Å²) in [6.45, 7) is -1.37. The predicted molar refractivity (Wildman–Crippen MR) is 92.3 cm³/mol. The zero-order valence-electron chi connectivity index (χ0n) is 14.2. The Hall–Kier alpha value is -0.770. The summed E-state index contributed by atoms with van der Waals surface area (Å²) in [5.74, 6) is -0.199. The molecule has 1 aromatic rings. The van der Waals surface area contributed by atoms with E-state index in [0.29, 0.717) is 4.57 Å². The lowest BCUT2D eigenvalue weighted by Gasteiger charge is -2.25. The Bertz CT molecular complexity index is 1000. The van der Waals surface area contributed by atoms with Crippen LogP contribution in [0.25, 0.3) is 0 Å². The molecule has 1 saturated heterocycles. The van der Waals surface area contributed by atoms with Crippen LogP contribution < -0.4 is 11.4 Å². The van der Waals surface area contributed by atoms with Crippen LogP contribution in [-0.4, -0.2) is 58.2 Å². The molecule has 2 rings (SSSR count). The van der Waals surface area contributed by atoms with Gasteiger partial charge in [0.1, 0.15) is 18.5 Å². The molecular weight excluding hydrogens is 505 g/mol. The first-order valence-electron chi connectivity index (χ1n) is 7.27. The van der Waals surface area contributed by atoms with Gasteiger partial charge >= 0.3 is 29.2 Å². The van der Waals surface area contributed by atoms with Crippen LogP contribution in [0.3, 0.4) is 0 Å². The Kier molecular flexibility index (Phi) is 7.34. The Morgan fingerprint density at radius 2 is 1.87 bits per heavy atom. The highest BCUT2D eigenvalue weighted by molar-refractivity contribution is 7.66. The SMILES string of the molecule is Nc1ccn([C@@H]2O[C@](Cl)(COP(=O)(O)OP(=O)(O)OP(=O)(O)O)[C@@H](O)[C@@H]2F)c(=O)n1. The van der Waals surface area contributed by atoms with Gasteiger partial charge in [-0.1, -0.05) is 11.6 Å². The molecule has 6 atom stereocenters. The maximum absolute atomic E-state index is 14.4. The first kappa shape index (κ1) is 25.5. The number of aromatic nitrogens is 2. The third-order valence-electron chi connectivity index (χ3n) is 3.30. The summed E-state index contributed by atoms with van der Waals surface area (Å²) in [7, 11) is -17.0. The molecule has 0 spiro atoms. The fourth-order valence-corrected chi connectivity index (χ4v) is 5.54. The number of nitrogens with zero attached hydrogens (tertiary/aromatic N) is 2. The number of alkyl halides is 2. The van der Waals surface area contributed by atoms with Crippen molar-refractivity contribution in [2.75, 3.05) is 12.3 Å². The number of ether oxygens (including phenoxy) is 1. The number of nitrogen functional groups attached to an aromatic ring is 1. The fraction of sp³-hybridized carbons (Fsp3) is 0.556. The van der Waals surface area contributed by atoms with Gasteiger partial charge in [-0.2, -0.15) is 13.6 Å². The Morgan fingerprint density at radius 3 is 2.40 bits per heavy atom. The number of halogens is 2. The average molecular weight is 520 g/mol. The van der Waals surface area contributed by atoms with Gasteiger partial charge in [-0.25, -0.2) is 22.9 Å². The van der Waals surface area contributed by atoms with E-state index in [4.69, 9.17) is 36.8 Å². The van der Waals surface area contributed by atoms with Gasteiger partial charge in [-0.05, 0) is 6.07 Å². The molecule has 21 heteroatoms. The number of anilines is 1. The number of phosphoric ester groups is 1. The standard InChI is InChI=1S/C9H14ClFN3O13P3/c10-9(3-24-29(20,21)27-30(22,23)26-28(17,18)19)6(15)5(11)7(25-9)14-2-1-4(12)13-8(14)16/h1-2,5-7,15H,3H2,(H,20,21)(H,22,23)(H2,12,13,16)(H2,17,18,19)/t5-,6-,7+,9+/m0/s1. The maximum Gasteiger partial charge on any atom is 0.490 e. The lowest BCUT2D eigenvalue weighted by molar-refractivity contribution is -0.0749. The summed E-state index contributed by atoms with van der Waals surface area (Å²) < 4.78 is 64.8. The minimum atomic E-state index is -5.80. The fourth-order valence-electron chi connectivity index (χ4n) is 2.15. The minimum absolute atomic E-state index is 0.199. The minimum Gasteiger partial charge on any atom is -0.385 e. The van der Waals surface area contributed by atoms with Crippen molar-refractivity contribution in [2.45, 2.75) is 23.6 Å². The Morgan fingerprint density at radius 1 is 1.27 bits per heavy atom. The molecular formula is C9H14ClFN3O13P3. The van der Waals surface area contributed by atoms with E-state index in [1.807, 2.05) is 0 Å². The Balaban J connectivity index is 2.14. The van der Waals surface area contributed by atoms with E-state index in [1.165, 1.54) is 0 Å². The van der Waals surface area contributed by atoms with Crippen molar-refractivity contribution in [2.24, 2.45) is 0 Å². The average Bonchev–Trinajstić information content (AvgIpc) is 2.75. The topological polar surface area (TPSA) is 250 Å². The van der Waals surface area contributed by atoms with Crippen LogP contribution in [0.1, 0.15) is 6.23 Å². The highest BCUT2D eigenvalue weighted by Crippen LogP contribution is 2.66. The largest absolute Gasteiger partial charge is 0.490 e. The highest BCUT2D eigenvalue weighted by atomic mass is 35.5. The van der Waals surface area contributed by atoms with E-state index in [2.05, 4.69) is 18.1 Å². The maximum atomic E-state index is 14.4. The van der Waals surface area contributed by atoms with Crippen molar-refractivity contribution in [3.05, 3.63) is 22.7 Å². The highest BCUT2D eigenvalue weighted by Gasteiger charge is 2.57. The lowest BCUT2D eigenvalue weighted by Crippen LogP contribution is -2.40. The summed E-state index contributed by atoms with van der Waals surface area (Å²) in [5.41, 5.74) is 4.22. The summed E-state index contributed by atoms with van der Waals surface area (Å²) in [6.07, 6.45) is -5.54. The van der Waals surface area contributed by atoms with Crippen molar-refractivity contribution in [3.63, 3.8) is 0 Å². The molecule has 2 heterocycles. The van der Waals surface area contributed by atoms with Crippen molar-refractivity contribution in [1.29, 1.82) is 0 Å². The molecule has 0 aromatic carbocycles. The van der Waals surface area contributed by atoms with Crippen molar-refractivity contribution in [1.82, 2.24) is 9.55 Å². The molecule has 0 radical (unpaired) electrons. The van der Waals surface area contributed by atoms with Crippen molar-refractivity contribution in [3.8, 4) is 0 Å². The zero-order chi connectivity index (χ0) is 23.1. The van der Waals surface area contributed by atoms with E-state index in [0.717, 1.165) is 12.3 Å². The second kappa shape index (κ2) is 8.64. The van der Waals surface area contributed by atoms with Gasteiger partial charge in [-0.15, -0.1) is 0 Å². The number of aliphatic hydroxyl groups is 1. The second-order valence-corrected chi connectivity index (χ2v) is 10.7. The van der Waals surface area contributed by atoms with E-state index >= 15 is 0 Å². The van der Waals surface area contributed by atoms with Gasteiger partial charge in [0.2, 0.25) is 0 Å². The number of nitrogens with two attached hydrogens (primary N) is 1. The van der Waals surface area contributed by atoms with Gasteiger partial charge in [0.05, 0.1) is 0 Å². The van der Waals surface area contributed by atoms with Crippen LogP contribution in [-0.2, 0) is 31.6 Å². The van der Waals surface area contributed by atoms with Gasteiger partial charge in [-0.3, -0.25) is 9.09 Å². The molecule has 1 aliphatic rings. The second-order valence-electron chi connectivity index (χ2n) is 5.59. The molecule has 1 aliphatic heterocycles. The first-order chi connectivity index (χ1) is 13.4. The van der Waals surface area contributed by atoms with Crippen molar-refractivity contribution < 1.29 is 60.6 Å². The van der Waals surface area contributed by atoms with Gasteiger partial charge < -0.3 is 35.2 Å². The monoisotopic (exact) mass is 519 g/mol. The summed E-state index contributed by atoms with van der Waals surface area (Å²) in [5, 5.41) is 7.34. The molecule has 16 nitrogen and oxygen atoms in total. The van der Waals surface area contributed by atoms with Gasteiger partial charge in [0, 0.05) is 6.20 Å². The van der Waals surface area contributed by atoms with Crippen LogP contribution in [0.2, 0.25) is 0 Å². The zero-order valence-corrected chi connectivity index (χ0v) is 17.6. The number of hydrogen-bond donors (Lipinski definition) is 6. The molecule has 30 heavy (non-hydrogen) atoms. The smallest absolute Gasteiger partial charge is 0.385 e. The van der Waals surface area contributed by atoms with Gasteiger partial charge in [0.25, 0.3) is 0 Å². The Labute approximate surface area is 170 Å². The van der Waals surface area contributed by atoms with Crippen molar-refractivity contribution >= 4 is 40.9 Å². The summed E-state index contributed by atoms with van der Waals surface area (Å²) in [4.78, 5) is 50.5. The van der Waals surface area contributed by atoms with E-state index in [1.54, 1.807) is 0 Å². The third-order valence-corrected chi connectivity index (χ3v) is 7.50. The van der Waals surface area contributed by atoms with E-state index in [9.17, 15) is 32.9 Å². The van der Waals surface area contributed by atoms with E-state index < -0.39 is 59.3 Å². The third kappa shape index (κ3) is 6.37. The van der Waals surface area contributed by atoms with Crippen LogP contribution >= 0.6 is 35.1 Å². The molecule has 0 saturated carbocycles.